The summed E-state index contributed by atoms with van der Waals surface area (Å²) in [4.78, 5) is 24.5. The lowest BCUT2D eigenvalue weighted by atomic mass is 10.2. The van der Waals surface area contributed by atoms with Crippen LogP contribution in [0.2, 0.25) is 0 Å². The monoisotopic (exact) mass is 397 g/mol. The van der Waals surface area contributed by atoms with Crippen LogP contribution in [0.3, 0.4) is 0 Å². The summed E-state index contributed by atoms with van der Waals surface area (Å²) >= 11 is 0. The first-order valence-corrected chi connectivity index (χ1v) is 8.29. The van der Waals surface area contributed by atoms with Gasteiger partial charge < -0.3 is 19.5 Å². The lowest BCUT2D eigenvalue weighted by Crippen LogP contribution is -2.30. The number of alkyl halides is 3. The van der Waals surface area contributed by atoms with Crippen molar-refractivity contribution in [3.05, 3.63) is 54.1 Å². The Morgan fingerprint density at radius 2 is 1.71 bits per heavy atom. The van der Waals surface area contributed by atoms with E-state index in [0.29, 0.717) is 12.4 Å². The Balaban J connectivity index is 1.96. The number of nitrogens with one attached hydrogen (secondary N) is 1. The molecule has 0 aliphatic heterocycles. The quantitative estimate of drug-likeness (QED) is 0.710. The number of benzene rings is 2. The summed E-state index contributed by atoms with van der Waals surface area (Å²) in [6.45, 7) is 3.50. The highest BCUT2D eigenvalue weighted by Crippen LogP contribution is 2.24. The van der Waals surface area contributed by atoms with Gasteiger partial charge in [0.2, 0.25) is 0 Å². The number of esters is 1. The molecule has 9 heteroatoms. The van der Waals surface area contributed by atoms with Crippen LogP contribution in [0.4, 0.5) is 18.9 Å². The van der Waals surface area contributed by atoms with Crippen LogP contribution in [-0.4, -0.2) is 30.9 Å². The molecule has 0 bridgehead atoms. The van der Waals surface area contributed by atoms with E-state index in [1.165, 1.54) is 25.1 Å². The molecule has 2 aromatic carbocycles. The largest absolute Gasteiger partial charge is 0.573 e. The molecule has 150 valence electrons. The third-order valence-electron chi connectivity index (χ3n) is 3.42. The number of anilines is 1. The number of halogens is 3. The van der Waals surface area contributed by atoms with Gasteiger partial charge in [0, 0.05) is 5.69 Å². The van der Waals surface area contributed by atoms with Crippen LogP contribution in [-0.2, 0) is 9.53 Å². The zero-order valence-electron chi connectivity index (χ0n) is 15.1. The maximum Gasteiger partial charge on any atom is 0.573 e. The predicted molar refractivity (Wildman–Crippen MR) is 94.2 cm³/mol. The summed E-state index contributed by atoms with van der Waals surface area (Å²) in [7, 11) is 0. The fraction of sp³-hybridized carbons (Fsp3) is 0.263. The van der Waals surface area contributed by atoms with Crippen LogP contribution in [0.1, 0.15) is 24.2 Å². The second-order valence-electron chi connectivity index (χ2n) is 5.54. The van der Waals surface area contributed by atoms with E-state index in [1.807, 2.05) is 0 Å². The molecular weight excluding hydrogens is 379 g/mol. The lowest BCUT2D eigenvalue weighted by Gasteiger charge is -2.15. The zero-order chi connectivity index (χ0) is 20.7. The molecule has 2 aromatic rings. The number of carbonyl (C=O) groups is 2. The van der Waals surface area contributed by atoms with Crippen LogP contribution in [0, 0.1) is 0 Å². The van der Waals surface area contributed by atoms with Gasteiger partial charge in [-0.05, 0) is 50.2 Å². The number of amides is 1. The molecule has 6 nitrogen and oxygen atoms in total. The van der Waals surface area contributed by atoms with Gasteiger partial charge in [-0.3, -0.25) is 4.79 Å². The van der Waals surface area contributed by atoms with Crippen molar-refractivity contribution in [2.45, 2.75) is 26.3 Å². The van der Waals surface area contributed by atoms with Crippen molar-refractivity contribution in [3.8, 4) is 11.5 Å². The Bertz CT molecular complexity index is 821. The van der Waals surface area contributed by atoms with Gasteiger partial charge in [-0.2, -0.15) is 0 Å². The molecule has 0 saturated carbocycles. The highest BCUT2D eigenvalue weighted by Gasteiger charge is 2.31. The Hall–Kier alpha value is -3.23. The molecule has 0 spiro atoms. The van der Waals surface area contributed by atoms with Crippen LogP contribution < -0.4 is 14.8 Å². The Kier molecular flexibility index (Phi) is 6.86. The fourth-order valence-corrected chi connectivity index (χ4v) is 2.18. The fourth-order valence-electron chi connectivity index (χ4n) is 2.18. The minimum Gasteiger partial charge on any atom is -0.493 e. The summed E-state index contributed by atoms with van der Waals surface area (Å²) in [5.41, 5.74) is 0.398. The second-order valence-corrected chi connectivity index (χ2v) is 5.54. The van der Waals surface area contributed by atoms with Crippen molar-refractivity contribution >= 4 is 17.6 Å². The van der Waals surface area contributed by atoms with Crippen LogP contribution in [0.5, 0.6) is 11.5 Å². The van der Waals surface area contributed by atoms with E-state index in [4.69, 9.17) is 9.47 Å². The zero-order valence-corrected chi connectivity index (χ0v) is 15.1. The van der Waals surface area contributed by atoms with E-state index >= 15 is 0 Å². The molecule has 0 saturated heterocycles. The smallest absolute Gasteiger partial charge is 0.493 e. The number of carbonyl (C=O) groups excluding carboxylic acids is 2. The normalized spacial score (nSPS) is 12.0. The predicted octanol–water partition coefficient (Wildman–Crippen LogP) is 4.17. The summed E-state index contributed by atoms with van der Waals surface area (Å²) in [6.07, 6.45) is -5.95. The van der Waals surface area contributed by atoms with Gasteiger partial charge in [-0.15, -0.1) is 13.2 Å². The SMILES string of the molecule is CCOc1ccccc1C(=O)OC(C)C(=O)Nc1ccc(OC(F)(F)F)cc1. The second kappa shape index (κ2) is 9.12. The summed E-state index contributed by atoms with van der Waals surface area (Å²) in [5.74, 6) is -1.47. The van der Waals surface area contributed by atoms with E-state index in [-0.39, 0.29) is 11.3 Å². The van der Waals surface area contributed by atoms with Crippen LogP contribution in [0.15, 0.2) is 48.5 Å². The first-order valence-electron chi connectivity index (χ1n) is 8.29. The third-order valence-corrected chi connectivity index (χ3v) is 3.42. The number of rotatable bonds is 7. The average Bonchev–Trinajstić information content (AvgIpc) is 2.62. The number of ether oxygens (including phenoxy) is 3. The maximum absolute atomic E-state index is 12.3. The molecule has 1 unspecified atom stereocenters. The van der Waals surface area contributed by atoms with Gasteiger partial charge >= 0.3 is 12.3 Å². The highest BCUT2D eigenvalue weighted by molar-refractivity contribution is 5.98. The molecule has 0 aromatic heterocycles. The third kappa shape index (κ3) is 6.19. The van der Waals surface area contributed by atoms with Crippen molar-refractivity contribution in [3.63, 3.8) is 0 Å². The van der Waals surface area contributed by atoms with Gasteiger partial charge in [0.1, 0.15) is 17.1 Å². The molecule has 28 heavy (non-hydrogen) atoms. The molecule has 1 amide bonds. The molecule has 0 fully saturated rings. The van der Waals surface area contributed by atoms with Crippen LogP contribution in [0.25, 0.3) is 0 Å². The molecule has 0 aliphatic rings. The van der Waals surface area contributed by atoms with Crippen molar-refractivity contribution in [2.75, 3.05) is 11.9 Å². The number of hydrogen-bond donors (Lipinski definition) is 1. The van der Waals surface area contributed by atoms with Crippen molar-refractivity contribution < 1.29 is 37.0 Å². The van der Waals surface area contributed by atoms with Gasteiger partial charge in [0.25, 0.3) is 5.91 Å². The summed E-state index contributed by atoms with van der Waals surface area (Å²) in [6, 6.07) is 11.0. The van der Waals surface area contributed by atoms with Crippen molar-refractivity contribution in [2.24, 2.45) is 0 Å². The molecule has 0 heterocycles. The van der Waals surface area contributed by atoms with E-state index < -0.39 is 30.1 Å². The first kappa shape index (κ1) is 21.1. The minimum absolute atomic E-state index is 0.178. The number of para-hydroxylation sites is 1. The van der Waals surface area contributed by atoms with Crippen molar-refractivity contribution in [1.82, 2.24) is 0 Å². The molecule has 1 atom stereocenters. The Morgan fingerprint density at radius 1 is 1.07 bits per heavy atom. The molecule has 0 radical (unpaired) electrons. The Morgan fingerprint density at radius 3 is 2.32 bits per heavy atom. The lowest BCUT2D eigenvalue weighted by molar-refractivity contribution is -0.274. The summed E-state index contributed by atoms with van der Waals surface area (Å²) < 4.78 is 50.7. The van der Waals surface area contributed by atoms with Gasteiger partial charge in [-0.25, -0.2) is 4.79 Å². The molecular formula is C19H18F3NO5. The first-order chi connectivity index (χ1) is 13.2. The average molecular weight is 397 g/mol. The van der Waals surface area contributed by atoms with Gasteiger partial charge in [-0.1, -0.05) is 12.1 Å². The van der Waals surface area contributed by atoms with Crippen molar-refractivity contribution in [1.29, 1.82) is 0 Å². The van der Waals surface area contributed by atoms with Crippen LogP contribution >= 0.6 is 0 Å². The maximum atomic E-state index is 12.3. The molecule has 0 aliphatic carbocycles. The Labute approximate surface area is 159 Å². The van der Waals surface area contributed by atoms with Gasteiger partial charge in [0.05, 0.1) is 6.61 Å². The standard InChI is InChI=1S/C19H18F3NO5/c1-3-26-16-7-5-4-6-15(16)18(25)27-12(2)17(24)23-13-8-10-14(11-9-13)28-19(20,21)22/h4-12H,3H2,1-2H3,(H,23,24). The highest BCUT2D eigenvalue weighted by atomic mass is 19.4. The van der Waals surface area contributed by atoms with E-state index in [1.54, 1.807) is 25.1 Å². The van der Waals surface area contributed by atoms with E-state index in [9.17, 15) is 22.8 Å². The molecule has 2 rings (SSSR count). The summed E-state index contributed by atoms with van der Waals surface area (Å²) in [5, 5.41) is 2.44. The van der Waals surface area contributed by atoms with E-state index in [2.05, 4.69) is 10.1 Å². The van der Waals surface area contributed by atoms with E-state index in [0.717, 1.165) is 12.1 Å². The number of hydrogen-bond acceptors (Lipinski definition) is 5. The minimum atomic E-state index is -4.80. The van der Waals surface area contributed by atoms with Gasteiger partial charge in [0.15, 0.2) is 6.10 Å². The topological polar surface area (TPSA) is 73.9 Å². The molecule has 1 N–H and O–H groups in total.